The fraction of sp³-hybridized carbons (Fsp3) is 0. The monoisotopic (exact) mass is 556 g/mol. The van der Waals surface area contributed by atoms with Crippen molar-refractivity contribution < 1.29 is 0 Å². The van der Waals surface area contributed by atoms with Crippen molar-refractivity contribution in [3.05, 3.63) is 170 Å². The summed E-state index contributed by atoms with van der Waals surface area (Å²) in [5.41, 5.74) is 7.54. The zero-order valence-electron chi connectivity index (χ0n) is 24.2. The second-order valence-corrected chi connectivity index (χ2v) is 11.7. The van der Waals surface area contributed by atoms with Gasteiger partial charge in [-0.2, -0.15) is 0 Å². The zero-order valence-corrected chi connectivity index (χ0v) is 24.2. The third-order valence-electron chi connectivity index (χ3n) is 9.21. The van der Waals surface area contributed by atoms with Gasteiger partial charge in [0, 0.05) is 0 Å². The van der Waals surface area contributed by atoms with E-state index in [2.05, 4.69) is 170 Å². The second kappa shape index (κ2) is 9.93. The predicted molar refractivity (Wildman–Crippen MR) is 190 cm³/mol. The van der Waals surface area contributed by atoms with Crippen LogP contribution in [0.2, 0.25) is 0 Å². The summed E-state index contributed by atoms with van der Waals surface area (Å²) in [5.74, 6) is 0. The minimum atomic E-state index is 1.22. The Kier molecular flexibility index (Phi) is 5.61. The molecule has 0 aliphatic rings. The van der Waals surface area contributed by atoms with Crippen LogP contribution in [0.25, 0.3) is 87.2 Å². The molecular weight excluding hydrogens is 528 g/mol. The van der Waals surface area contributed by atoms with Gasteiger partial charge < -0.3 is 0 Å². The molecule has 0 nitrogen and oxygen atoms in total. The summed E-state index contributed by atoms with van der Waals surface area (Å²) in [5, 5.41) is 12.6. The van der Waals surface area contributed by atoms with Crippen molar-refractivity contribution >= 4 is 53.9 Å². The third-order valence-corrected chi connectivity index (χ3v) is 9.21. The lowest BCUT2D eigenvalue weighted by Gasteiger charge is -2.22. The van der Waals surface area contributed by atoms with Crippen LogP contribution in [0.4, 0.5) is 0 Å². The number of benzene rings is 9. The topological polar surface area (TPSA) is 0 Å². The summed E-state index contributed by atoms with van der Waals surface area (Å²) in [7, 11) is 0. The molecule has 0 aliphatic carbocycles. The Morgan fingerprint density at radius 1 is 0.227 bits per heavy atom. The molecule has 9 aromatic carbocycles. The Hall–Kier alpha value is -5.72. The minimum Gasteiger partial charge on any atom is -0.0622 e. The standard InChI is InChI=1S/C44H28/c1-2-12-30(13-3-1)41-28-42-36-21-9-7-15-31(36)24-25-39(42)43(44(41)37-22-10-18-29-14-6-8-20-35(29)37)38-23-11-19-34-26-32-16-4-5-17-33(32)27-40(34)38/h1-28H. The molecule has 44 heavy (non-hydrogen) atoms. The Bertz CT molecular complexity index is 2530. The summed E-state index contributed by atoms with van der Waals surface area (Å²) >= 11 is 0. The normalized spacial score (nSPS) is 11.6. The molecule has 0 radical (unpaired) electrons. The Morgan fingerprint density at radius 3 is 1.57 bits per heavy atom. The molecule has 0 atom stereocenters. The van der Waals surface area contributed by atoms with Gasteiger partial charge in [-0.1, -0.05) is 152 Å². The van der Waals surface area contributed by atoms with Crippen LogP contribution in [0.3, 0.4) is 0 Å². The van der Waals surface area contributed by atoms with Crippen LogP contribution in [0, 0.1) is 0 Å². The second-order valence-electron chi connectivity index (χ2n) is 11.7. The molecule has 0 amide bonds. The maximum Gasteiger partial charge on any atom is -0.00139 e. The first kappa shape index (κ1) is 24.8. The van der Waals surface area contributed by atoms with Crippen molar-refractivity contribution in [1.82, 2.24) is 0 Å². The molecule has 0 bridgehead atoms. The number of rotatable bonds is 3. The highest BCUT2D eigenvalue weighted by Gasteiger charge is 2.22. The van der Waals surface area contributed by atoms with E-state index in [1.165, 1.54) is 87.2 Å². The maximum absolute atomic E-state index is 2.44. The quantitative estimate of drug-likeness (QED) is 0.150. The van der Waals surface area contributed by atoms with Gasteiger partial charge in [0.2, 0.25) is 0 Å². The molecule has 0 fully saturated rings. The van der Waals surface area contributed by atoms with E-state index in [0.717, 1.165) is 0 Å². The molecule has 0 aliphatic heterocycles. The van der Waals surface area contributed by atoms with E-state index in [-0.39, 0.29) is 0 Å². The summed E-state index contributed by atoms with van der Waals surface area (Å²) in [6, 6.07) is 62.5. The van der Waals surface area contributed by atoms with Crippen molar-refractivity contribution in [2.45, 2.75) is 0 Å². The van der Waals surface area contributed by atoms with Gasteiger partial charge in [0.05, 0.1) is 0 Å². The van der Waals surface area contributed by atoms with E-state index >= 15 is 0 Å². The van der Waals surface area contributed by atoms with E-state index in [9.17, 15) is 0 Å². The van der Waals surface area contributed by atoms with Crippen molar-refractivity contribution in [2.75, 3.05) is 0 Å². The number of hydrogen-bond donors (Lipinski definition) is 0. The van der Waals surface area contributed by atoms with Crippen molar-refractivity contribution in [2.24, 2.45) is 0 Å². The lowest BCUT2D eigenvalue weighted by atomic mass is 9.80. The SMILES string of the molecule is c1ccc(-c2cc3c(ccc4ccccc43)c(-c3cccc4cc5ccccc5cc34)c2-c2cccc3ccccc23)cc1. The van der Waals surface area contributed by atoms with Gasteiger partial charge in [0.1, 0.15) is 0 Å². The van der Waals surface area contributed by atoms with Gasteiger partial charge in [-0.05, 0) is 105 Å². The summed E-state index contributed by atoms with van der Waals surface area (Å²) < 4.78 is 0. The number of fused-ring (bicyclic) bond motifs is 6. The smallest absolute Gasteiger partial charge is 0.00139 e. The molecule has 0 spiro atoms. The highest BCUT2D eigenvalue weighted by atomic mass is 14.2. The van der Waals surface area contributed by atoms with Crippen LogP contribution in [-0.4, -0.2) is 0 Å². The van der Waals surface area contributed by atoms with Gasteiger partial charge >= 0.3 is 0 Å². The zero-order chi connectivity index (χ0) is 29.0. The van der Waals surface area contributed by atoms with Gasteiger partial charge in [-0.3, -0.25) is 0 Å². The average molecular weight is 557 g/mol. The van der Waals surface area contributed by atoms with Crippen LogP contribution in [0.15, 0.2) is 170 Å². The van der Waals surface area contributed by atoms with Gasteiger partial charge in [0.15, 0.2) is 0 Å². The predicted octanol–water partition coefficient (Wildman–Crippen LogP) is 12.5. The minimum absolute atomic E-state index is 1.22. The first-order valence-electron chi connectivity index (χ1n) is 15.3. The molecule has 0 saturated heterocycles. The lowest BCUT2D eigenvalue weighted by Crippen LogP contribution is -1.95. The Labute approximate surface area is 256 Å². The van der Waals surface area contributed by atoms with Crippen molar-refractivity contribution in [1.29, 1.82) is 0 Å². The first-order chi connectivity index (χ1) is 21.8. The van der Waals surface area contributed by atoms with Crippen molar-refractivity contribution in [3.63, 3.8) is 0 Å². The van der Waals surface area contributed by atoms with E-state index in [1.54, 1.807) is 0 Å². The van der Waals surface area contributed by atoms with Gasteiger partial charge in [-0.25, -0.2) is 0 Å². The first-order valence-corrected chi connectivity index (χ1v) is 15.3. The molecule has 0 saturated carbocycles. The van der Waals surface area contributed by atoms with Crippen molar-refractivity contribution in [3.8, 4) is 33.4 Å². The summed E-state index contributed by atoms with van der Waals surface area (Å²) in [4.78, 5) is 0. The average Bonchev–Trinajstić information content (AvgIpc) is 3.10. The lowest BCUT2D eigenvalue weighted by molar-refractivity contribution is 1.61. The van der Waals surface area contributed by atoms with Crippen LogP contribution >= 0.6 is 0 Å². The molecule has 0 heteroatoms. The maximum atomic E-state index is 2.44. The largest absolute Gasteiger partial charge is 0.0622 e. The van der Waals surface area contributed by atoms with E-state index in [1.807, 2.05) is 0 Å². The molecule has 0 aromatic heterocycles. The van der Waals surface area contributed by atoms with E-state index < -0.39 is 0 Å². The molecule has 0 N–H and O–H groups in total. The summed E-state index contributed by atoms with van der Waals surface area (Å²) in [6.45, 7) is 0. The van der Waals surface area contributed by atoms with Crippen LogP contribution < -0.4 is 0 Å². The van der Waals surface area contributed by atoms with Crippen LogP contribution in [0.1, 0.15) is 0 Å². The fourth-order valence-electron chi connectivity index (χ4n) is 7.19. The Balaban J connectivity index is 1.54. The van der Waals surface area contributed by atoms with E-state index in [0.29, 0.717) is 0 Å². The molecule has 9 rings (SSSR count). The molecule has 0 heterocycles. The molecule has 0 unspecified atom stereocenters. The Morgan fingerprint density at radius 2 is 0.795 bits per heavy atom. The van der Waals surface area contributed by atoms with E-state index in [4.69, 9.17) is 0 Å². The highest BCUT2D eigenvalue weighted by molar-refractivity contribution is 6.22. The highest BCUT2D eigenvalue weighted by Crippen LogP contribution is 2.49. The van der Waals surface area contributed by atoms with Crippen LogP contribution in [0.5, 0.6) is 0 Å². The van der Waals surface area contributed by atoms with Crippen LogP contribution in [-0.2, 0) is 0 Å². The summed E-state index contributed by atoms with van der Waals surface area (Å²) in [6.07, 6.45) is 0. The fourth-order valence-corrected chi connectivity index (χ4v) is 7.19. The van der Waals surface area contributed by atoms with Gasteiger partial charge in [-0.15, -0.1) is 0 Å². The molecule has 9 aromatic rings. The molecule has 204 valence electrons. The van der Waals surface area contributed by atoms with Gasteiger partial charge in [0.25, 0.3) is 0 Å². The number of hydrogen-bond acceptors (Lipinski definition) is 0. The molecular formula is C44H28. The third kappa shape index (κ3) is 3.85.